The summed E-state index contributed by atoms with van der Waals surface area (Å²) in [5, 5.41) is 0. The zero-order valence-corrected chi connectivity index (χ0v) is 10.6. The molecular formula is C12H16F6O. The van der Waals surface area contributed by atoms with Gasteiger partial charge < -0.3 is 0 Å². The molecule has 19 heavy (non-hydrogen) atoms. The van der Waals surface area contributed by atoms with Crippen LogP contribution in [0.25, 0.3) is 0 Å². The molecule has 3 unspecified atom stereocenters. The van der Waals surface area contributed by atoms with Crippen molar-refractivity contribution in [3.05, 3.63) is 0 Å². The maximum atomic E-state index is 12.5. The molecule has 7 heteroatoms. The van der Waals surface area contributed by atoms with Gasteiger partial charge in [0.25, 0.3) is 0 Å². The van der Waals surface area contributed by atoms with Crippen molar-refractivity contribution in [1.82, 2.24) is 0 Å². The van der Waals surface area contributed by atoms with E-state index in [1.54, 1.807) is 6.92 Å². The molecule has 1 aliphatic rings. The first-order valence-corrected chi connectivity index (χ1v) is 6.11. The number of carbonyl (C=O) groups is 1. The number of ketones is 1. The van der Waals surface area contributed by atoms with Gasteiger partial charge >= 0.3 is 12.4 Å². The summed E-state index contributed by atoms with van der Waals surface area (Å²) >= 11 is 0. The quantitative estimate of drug-likeness (QED) is 0.690. The summed E-state index contributed by atoms with van der Waals surface area (Å²) in [5.74, 6) is -6.52. The van der Waals surface area contributed by atoms with Crippen LogP contribution < -0.4 is 0 Å². The fourth-order valence-corrected chi connectivity index (χ4v) is 2.55. The SMILES string of the molecule is CC1CCC(C(=O)C(C(F)(F)F)C(F)(F)F)CC1C. The van der Waals surface area contributed by atoms with Gasteiger partial charge in [0.1, 0.15) is 0 Å². The summed E-state index contributed by atoms with van der Waals surface area (Å²) in [6.45, 7) is 3.64. The van der Waals surface area contributed by atoms with E-state index in [9.17, 15) is 31.1 Å². The fourth-order valence-electron chi connectivity index (χ4n) is 2.55. The maximum absolute atomic E-state index is 12.5. The van der Waals surface area contributed by atoms with Crippen molar-refractivity contribution < 1.29 is 31.1 Å². The van der Waals surface area contributed by atoms with Gasteiger partial charge in [0, 0.05) is 5.92 Å². The highest BCUT2D eigenvalue weighted by atomic mass is 19.4. The van der Waals surface area contributed by atoms with E-state index in [4.69, 9.17) is 0 Å². The van der Waals surface area contributed by atoms with Crippen molar-refractivity contribution in [2.75, 3.05) is 0 Å². The van der Waals surface area contributed by atoms with Crippen LogP contribution >= 0.6 is 0 Å². The monoisotopic (exact) mass is 290 g/mol. The molecule has 0 aromatic carbocycles. The molecule has 0 saturated heterocycles. The minimum Gasteiger partial charge on any atom is -0.298 e. The van der Waals surface area contributed by atoms with E-state index >= 15 is 0 Å². The van der Waals surface area contributed by atoms with Gasteiger partial charge in [-0.15, -0.1) is 0 Å². The van der Waals surface area contributed by atoms with Gasteiger partial charge in [0.15, 0.2) is 5.78 Å². The summed E-state index contributed by atoms with van der Waals surface area (Å²) in [6.07, 6.45) is -10.4. The van der Waals surface area contributed by atoms with Crippen molar-refractivity contribution in [1.29, 1.82) is 0 Å². The van der Waals surface area contributed by atoms with E-state index in [1.165, 1.54) is 0 Å². The molecule has 0 spiro atoms. The molecule has 0 heterocycles. The Kier molecular flexibility index (Phi) is 4.57. The average molecular weight is 290 g/mol. The zero-order chi connectivity index (χ0) is 15.0. The minimum absolute atomic E-state index is 0.0372. The molecule has 1 rings (SSSR count). The topological polar surface area (TPSA) is 17.1 Å². The van der Waals surface area contributed by atoms with Crippen molar-refractivity contribution >= 4 is 5.78 Å². The normalized spacial score (nSPS) is 29.6. The highest BCUT2D eigenvalue weighted by Gasteiger charge is 2.61. The number of Topliss-reactive ketones (excluding diaryl/α,β-unsaturated/α-hetero) is 1. The number of hydrogen-bond donors (Lipinski definition) is 0. The van der Waals surface area contributed by atoms with E-state index in [0.717, 1.165) is 0 Å². The highest BCUT2D eigenvalue weighted by Crippen LogP contribution is 2.44. The summed E-state index contributed by atoms with van der Waals surface area (Å²) in [7, 11) is 0. The van der Waals surface area contributed by atoms with E-state index in [-0.39, 0.29) is 24.7 Å². The molecule has 0 aliphatic heterocycles. The first kappa shape index (κ1) is 16.3. The van der Waals surface area contributed by atoms with Crippen molar-refractivity contribution in [3.63, 3.8) is 0 Å². The van der Waals surface area contributed by atoms with Crippen molar-refractivity contribution in [2.24, 2.45) is 23.7 Å². The highest BCUT2D eigenvalue weighted by molar-refractivity contribution is 5.85. The van der Waals surface area contributed by atoms with Crippen LogP contribution in [0.3, 0.4) is 0 Å². The molecule has 0 aromatic rings. The molecule has 0 radical (unpaired) electrons. The molecule has 1 fully saturated rings. The Bertz CT molecular complexity index is 318. The minimum atomic E-state index is -5.57. The fraction of sp³-hybridized carbons (Fsp3) is 0.917. The Hall–Kier alpha value is -0.750. The first-order chi connectivity index (χ1) is 8.44. The second kappa shape index (κ2) is 5.32. The summed E-state index contributed by atoms with van der Waals surface area (Å²) in [4.78, 5) is 11.6. The van der Waals surface area contributed by atoms with E-state index < -0.39 is 30.0 Å². The maximum Gasteiger partial charge on any atom is 0.407 e. The van der Waals surface area contributed by atoms with Crippen LogP contribution in [0.2, 0.25) is 0 Å². The number of hydrogen-bond acceptors (Lipinski definition) is 1. The lowest BCUT2D eigenvalue weighted by Gasteiger charge is -2.33. The molecule has 1 nitrogen and oxygen atoms in total. The molecule has 0 aromatic heterocycles. The van der Waals surface area contributed by atoms with Crippen LogP contribution in [-0.2, 0) is 4.79 Å². The van der Waals surface area contributed by atoms with E-state index in [0.29, 0.717) is 6.42 Å². The number of rotatable bonds is 2. The third-order valence-corrected chi connectivity index (χ3v) is 3.94. The third-order valence-electron chi connectivity index (χ3n) is 3.94. The Morgan fingerprint density at radius 1 is 0.947 bits per heavy atom. The van der Waals surface area contributed by atoms with Gasteiger partial charge in [-0.3, -0.25) is 4.79 Å². The smallest absolute Gasteiger partial charge is 0.298 e. The Morgan fingerprint density at radius 2 is 1.42 bits per heavy atom. The number of alkyl halides is 6. The Balaban J connectivity index is 2.90. The van der Waals surface area contributed by atoms with Gasteiger partial charge in [-0.2, -0.15) is 26.3 Å². The molecule has 1 aliphatic carbocycles. The Labute approximate surface area is 107 Å². The van der Waals surface area contributed by atoms with E-state index in [2.05, 4.69) is 0 Å². The summed E-state index contributed by atoms with van der Waals surface area (Å²) in [6, 6.07) is 0. The molecule has 0 N–H and O–H groups in total. The standard InChI is InChI=1S/C12H16F6O/c1-6-3-4-8(5-7(6)2)9(19)10(11(13,14)15)12(16,17)18/h6-8,10H,3-5H2,1-2H3. The number of halogens is 6. The lowest BCUT2D eigenvalue weighted by atomic mass is 9.72. The van der Waals surface area contributed by atoms with Gasteiger partial charge in [-0.05, 0) is 31.1 Å². The largest absolute Gasteiger partial charge is 0.407 e. The lowest BCUT2D eigenvalue weighted by Crippen LogP contribution is -2.46. The van der Waals surface area contributed by atoms with E-state index in [1.807, 2.05) is 6.92 Å². The third kappa shape index (κ3) is 3.86. The molecule has 0 amide bonds. The molecule has 3 atom stereocenters. The van der Waals surface area contributed by atoms with Crippen molar-refractivity contribution in [2.45, 2.75) is 45.5 Å². The molecular weight excluding hydrogens is 274 g/mol. The van der Waals surface area contributed by atoms with Crippen LogP contribution in [0, 0.1) is 23.7 Å². The van der Waals surface area contributed by atoms with Gasteiger partial charge in [-0.1, -0.05) is 13.8 Å². The van der Waals surface area contributed by atoms with Crippen LogP contribution in [0.15, 0.2) is 0 Å². The van der Waals surface area contributed by atoms with Crippen LogP contribution in [-0.4, -0.2) is 18.1 Å². The molecule has 1 saturated carbocycles. The van der Waals surface area contributed by atoms with Crippen molar-refractivity contribution in [3.8, 4) is 0 Å². The predicted molar refractivity (Wildman–Crippen MR) is 56.3 cm³/mol. The molecule has 0 bridgehead atoms. The summed E-state index contributed by atoms with van der Waals surface area (Å²) in [5.41, 5.74) is 0. The Morgan fingerprint density at radius 3 is 1.79 bits per heavy atom. The van der Waals surface area contributed by atoms with Crippen LogP contribution in [0.1, 0.15) is 33.1 Å². The lowest BCUT2D eigenvalue weighted by molar-refractivity contribution is -0.275. The van der Waals surface area contributed by atoms with Crippen LogP contribution in [0.4, 0.5) is 26.3 Å². The summed E-state index contributed by atoms with van der Waals surface area (Å²) < 4.78 is 74.7. The predicted octanol–water partition coefficient (Wildman–Crippen LogP) is 4.37. The molecule has 112 valence electrons. The van der Waals surface area contributed by atoms with Gasteiger partial charge in [-0.25, -0.2) is 0 Å². The second-order valence-electron chi connectivity index (χ2n) is 5.38. The van der Waals surface area contributed by atoms with Gasteiger partial charge in [0.2, 0.25) is 5.92 Å². The first-order valence-electron chi connectivity index (χ1n) is 6.11. The average Bonchev–Trinajstić information content (AvgIpc) is 2.17. The van der Waals surface area contributed by atoms with Gasteiger partial charge in [0.05, 0.1) is 0 Å². The zero-order valence-electron chi connectivity index (χ0n) is 10.6. The second-order valence-corrected chi connectivity index (χ2v) is 5.38. The van der Waals surface area contributed by atoms with Crippen LogP contribution in [0.5, 0.6) is 0 Å². The number of carbonyl (C=O) groups excluding carboxylic acids is 1.